The van der Waals surface area contributed by atoms with Crippen molar-refractivity contribution >= 4 is 33.8 Å². The van der Waals surface area contributed by atoms with Crippen molar-refractivity contribution in [2.24, 2.45) is 11.3 Å². The van der Waals surface area contributed by atoms with Crippen molar-refractivity contribution in [1.82, 2.24) is 15.1 Å². The van der Waals surface area contributed by atoms with Gasteiger partial charge in [0.05, 0.1) is 0 Å². The van der Waals surface area contributed by atoms with E-state index in [0.29, 0.717) is 28.8 Å². The lowest BCUT2D eigenvalue weighted by molar-refractivity contribution is -0.140. The molecule has 0 aromatic heterocycles. The summed E-state index contributed by atoms with van der Waals surface area (Å²) in [7, 11) is 1.53. The van der Waals surface area contributed by atoms with Gasteiger partial charge in [0, 0.05) is 23.6 Å². The number of imide groups is 1. The predicted molar refractivity (Wildman–Crippen MR) is 110 cm³/mol. The molecule has 0 bridgehead atoms. The van der Waals surface area contributed by atoms with E-state index in [1.165, 1.54) is 18.0 Å². The third kappa shape index (κ3) is 4.47. The van der Waals surface area contributed by atoms with Gasteiger partial charge in [-0.3, -0.25) is 14.5 Å². The summed E-state index contributed by atoms with van der Waals surface area (Å²) in [6.45, 7) is 5.96. The highest BCUT2D eigenvalue weighted by molar-refractivity contribution is 9.10. The summed E-state index contributed by atoms with van der Waals surface area (Å²) in [5.74, 6) is -0.883. The molecule has 158 valence electrons. The Morgan fingerprint density at radius 2 is 2.03 bits per heavy atom. The van der Waals surface area contributed by atoms with Crippen LogP contribution in [0.1, 0.15) is 45.6 Å². The van der Waals surface area contributed by atoms with Crippen LogP contribution in [0, 0.1) is 17.2 Å². The topological polar surface area (TPSA) is 69.7 Å². The number of carbonyl (C=O) groups is 3. The standard InChI is InChI=1S/C21H27BrFN3O3/c1-13-8-20(2,3)12-21(9-13)18(28)26(19(29)24-21)11-17(27)25(4)10-14-7-15(22)5-6-16(14)23/h5-7,13H,8-12H2,1-4H3,(H,24,29). The molecule has 2 aliphatic rings. The van der Waals surface area contributed by atoms with Gasteiger partial charge in [-0.05, 0) is 48.8 Å². The smallest absolute Gasteiger partial charge is 0.325 e. The van der Waals surface area contributed by atoms with E-state index in [1.807, 2.05) is 0 Å². The van der Waals surface area contributed by atoms with Gasteiger partial charge in [-0.1, -0.05) is 36.7 Å². The van der Waals surface area contributed by atoms with Crippen molar-refractivity contribution in [1.29, 1.82) is 0 Å². The molecule has 4 amide bonds. The molecule has 1 spiro atoms. The van der Waals surface area contributed by atoms with E-state index in [0.717, 1.165) is 11.3 Å². The second kappa shape index (κ2) is 7.70. The van der Waals surface area contributed by atoms with E-state index in [2.05, 4.69) is 42.0 Å². The van der Waals surface area contributed by atoms with Gasteiger partial charge in [-0.25, -0.2) is 9.18 Å². The number of hydrogen-bond acceptors (Lipinski definition) is 3. The zero-order valence-electron chi connectivity index (χ0n) is 17.2. The number of amides is 4. The van der Waals surface area contributed by atoms with E-state index < -0.39 is 23.3 Å². The normalized spacial score (nSPS) is 26.0. The molecule has 1 saturated heterocycles. The van der Waals surface area contributed by atoms with Crippen molar-refractivity contribution in [2.45, 2.75) is 52.1 Å². The predicted octanol–water partition coefficient (Wildman–Crippen LogP) is 3.68. The molecular formula is C21H27BrFN3O3. The fourth-order valence-corrected chi connectivity index (χ4v) is 5.32. The fraction of sp³-hybridized carbons (Fsp3) is 0.571. The zero-order valence-corrected chi connectivity index (χ0v) is 18.8. The minimum absolute atomic E-state index is 0.0446. The average molecular weight is 468 g/mol. The van der Waals surface area contributed by atoms with Gasteiger partial charge in [0.2, 0.25) is 5.91 Å². The summed E-state index contributed by atoms with van der Waals surface area (Å²) in [6, 6.07) is 3.98. The van der Waals surface area contributed by atoms with Gasteiger partial charge in [0.25, 0.3) is 5.91 Å². The Morgan fingerprint density at radius 3 is 2.69 bits per heavy atom. The number of urea groups is 1. The van der Waals surface area contributed by atoms with Gasteiger partial charge >= 0.3 is 6.03 Å². The summed E-state index contributed by atoms with van der Waals surface area (Å²) in [4.78, 5) is 40.7. The summed E-state index contributed by atoms with van der Waals surface area (Å²) in [5.41, 5.74) is -0.657. The molecule has 2 fully saturated rings. The number of likely N-dealkylation sites (N-methyl/N-ethyl adjacent to an activating group) is 1. The van der Waals surface area contributed by atoms with Crippen LogP contribution in [0.5, 0.6) is 0 Å². The van der Waals surface area contributed by atoms with Gasteiger partial charge < -0.3 is 10.2 Å². The maximum absolute atomic E-state index is 14.0. The van der Waals surface area contributed by atoms with E-state index in [1.54, 1.807) is 12.1 Å². The first-order valence-electron chi connectivity index (χ1n) is 9.74. The van der Waals surface area contributed by atoms with E-state index in [4.69, 9.17) is 0 Å². The SMILES string of the molecule is CC1CC(C)(C)CC2(C1)NC(=O)N(CC(=O)N(C)Cc1cc(Br)ccc1F)C2=O. The van der Waals surface area contributed by atoms with E-state index in [9.17, 15) is 18.8 Å². The number of benzene rings is 1. The third-order valence-corrected chi connectivity index (χ3v) is 6.25. The highest BCUT2D eigenvalue weighted by atomic mass is 79.9. The Labute approximate surface area is 178 Å². The molecule has 3 rings (SSSR count). The monoisotopic (exact) mass is 467 g/mol. The van der Waals surface area contributed by atoms with Crippen LogP contribution < -0.4 is 5.32 Å². The second-order valence-electron chi connectivity index (χ2n) is 9.24. The number of hydrogen-bond donors (Lipinski definition) is 1. The van der Waals surface area contributed by atoms with Gasteiger partial charge in [-0.15, -0.1) is 0 Å². The Balaban J connectivity index is 1.71. The first-order chi connectivity index (χ1) is 13.4. The third-order valence-electron chi connectivity index (χ3n) is 5.76. The quantitative estimate of drug-likeness (QED) is 0.686. The maximum atomic E-state index is 14.0. The Morgan fingerprint density at radius 1 is 1.34 bits per heavy atom. The van der Waals surface area contributed by atoms with Crippen LogP contribution >= 0.6 is 15.9 Å². The Bertz CT molecular complexity index is 860. The van der Waals surface area contributed by atoms with Crippen LogP contribution in [-0.2, 0) is 16.1 Å². The van der Waals surface area contributed by atoms with E-state index in [-0.39, 0.29) is 24.4 Å². The van der Waals surface area contributed by atoms with Crippen LogP contribution in [0.15, 0.2) is 22.7 Å². The lowest BCUT2D eigenvalue weighted by atomic mass is 9.64. The Kier molecular flexibility index (Phi) is 5.77. The molecule has 1 aliphatic carbocycles. The van der Waals surface area contributed by atoms with Crippen molar-refractivity contribution in [3.05, 3.63) is 34.1 Å². The molecule has 2 atom stereocenters. The molecule has 1 aromatic carbocycles. The highest BCUT2D eigenvalue weighted by Crippen LogP contribution is 2.46. The molecule has 8 heteroatoms. The number of rotatable bonds is 4. The summed E-state index contributed by atoms with van der Waals surface area (Å²) in [6.07, 6.45) is 2.11. The van der Waals surface area contributed by atoms with Gasteiger partial charge in [-0.2, -0.15) is 0 Å². The van der Waals surface area contributed by atoms with Crippen LogP contribution in [0.3, 0.4) is 0 Å². The largest absolute Gasteiger partial charge is 0.340 e. The zero-order chi connectivity index (χ0) is 21.6. The van der Waals surface area contributed by atoms with Crippen molar-refractivity contribution in [3.63, 3.8) is 0 Å². The summed E-state index contributed by atoms with van der Waals surface area (Å²) < 4.78 is 14.7. The van der Waals surface area contributed by atoms with Crippen LogP contribution in [-0.4, -0.2) is 46.8 Å². The molecule has 1 N–H and O–H groups in total. The van der Waals surface area contributed by atoms with E-state index >= 15 is 0 Å². The van der Waals surface area contributed by atoms with Gasteiger partial charge in [0.1, 0.15) is 17.9 Å². The van der Waals surface area contributed by atoms with Crippen molar-refractivity contribution in [3.8, 4) is 0 Å². The Hall–Kier alpha value is -1.96. The van der Waals surface area contributed by atoms with Crippen molar-refractivity contribution < 1.29 is 18.8 Å². The number of nitrogens with one attached hydrogen (secondary N) is 1. The summed E-state index contributed by atoms with van der Waals surface area (Å²) >= 11 is 3.29. The lowest BCUT2D eigenvalue weighted by Crippen LogP contribution is -2.54. The number of halogens is 2. The number of carbonyl (C=O) groups excluding carboxylic acids is 3. The minimum atomic E-state index is -0.937. The molecule has 1 aliphatic heterocycles. The molecule has 0 radical (unpaired) electrons. The molecule has 29 heavy (non-hydrogen) atoms. The number of nitrogens with zero attached hydrogens (tertiary/aromatic N) is 2. The maximum Gasteiger partial charge on any atom is 0.325 e. The first-order valence-corrected chi connectivity index (χ1v) is 10.5. The highest BCUT2D eigenvalue weighted by Gasteiger charge is 2.56. The average Bonchev–Trinajstić information content (AvgIpc) is 2.79. The van der Waals surface area contributed by atoms with Gasteiger partial charge in [0.15, 0.2) is 0 Å². The molecule has 1 saturated carbocycles. The fourth-order valence-electron chi connectivity index (χ4n) is 4.91. The van der Waals surface area contributed by atoms with Crippen LogP contribution in [0.25, 0.3) is 0 Å². The minimum Gasteiger partial charge on any atom is -0.340 e. The first kappa shape index (κ1) is 21.7. The summed E-state index contributed by atoms with van der Waals surface area (Å²) in [5, 5.41) is 2.87. The second-order valence-corrected chi connectivity index (χ2v) is 10.2. The van der Waals surface area contributed by atoms with Crippen molar-refractivity contribution in [2.75, 3.05) is 13.6 Å². The molecule has 6 nitrogen and oxygen atoms in total. The van der Waals surface area contributed by atoms with Crippen LogP contribution in [0.2, 0.25) is 0 Å². The molecule has 1 aromatic rings. The van der Waals surface area contributed by atoms with Crippen LogP contribution in [0.4, 0.5) is 9.18 Å². The molecule has 2 unspecified atom stereocenters. The lowest BCUT2D eigenvalue weighted by Gasteiger charge is -2.43. The molecular weight excluding hydrogens is 441 g/mol. The molecule has 1 heterocycles.